The van der Waals surface area contributed by atoms with Crippen LogP contribution in [0.5, 0.6) is 11.5 Å². The first-order valence-corrected chi connectivity index (χ1v) is 6.33. The third kappa shape index (κ3) is 3.03. The lowest BCUT2D eigenvalue weighted by Crippen LogP contribution is -2.13. The zero-order valence-corrected chi connectivity index (χ0v) is 11.9. The van der Waals surface area contributed by atoms with Gasteiger partial charge in [0.1, 0.15) is 11.5 Å². The minimum atomic E-state index is -0.407. The maximum Gasteiger partial charge on any atom is 0.259 e. The van der Waals surface area contributed by atoms with Crippen LogP contribution in [0.25, 0.3) is 0 Å². The number of benzene rings is 2. The van der Waals surface area contributed by atoms with Gasteiger partial charge in [0.25, 0.3) is 5.91 Å². The van der Waals surface area contributed by atoms with Crippen LogP contribution < -0.4 is 10.1 Å². The lowest BCUT2D eigenvalue weighted by atomic mass is 10.1. The average molecular weight is 292 g/mol. The molecule has 5 heteroatoms. The molecule has 0 saturated carbocycles. The van der Waals surface area contributed by atoms with Crippen LogP contribution in [0, 0.1) is 6.92 Å². The number of phenols is 1. The van der Waals surface area contributed by atoms with Crippen molar-refractivity contribution in [3.8, 4) is 11.5 Å². The highest BCUT2D eigenvalue weighted by molar-refractivity contribution is 6.31. The quantitative estimate of drug-likeness (QED) is 0.908. The third-order valence-corrected chi connectivity index (χ3v) is 3.13. The van der Waals surface area contributed by atoms with Gasteiger partial charge in [0, 0.05) is 16.8 Å². The van der Waals surface area contributed by atoms with Crippen LogP contribution in [-0.2, 0) is 0 Å². The van der Waals surface area contributed by atoms with Crippen LogP contribution in [0.15, 0.2) is 36.4 Å². The highest BCUT2D eigenvalue weighted by Gasteiger charge is 2.13. The van der Waals surface area contributed by atoms with Gasteiger partial charge in [-0.15, -0.1) is 0 Å². The van der Waals surface area contributed by atoms with E-state index < -0.39 is 5.91 Å². The third-order valence-electron chi connectivity index (χ3n) is 2.90. The predicted molar refractivity (Wildman–Crippen MR) is 78.8 cm³/mol. The number of nitrogens with one attached hydrogen (secondary N) is 1. The van der Waals surface area contributed by atoms with Crippen molar-refractivity contribution in [3.05, 3.63) is 52.5 Å². The fourth-order valence-electron chi connectivity index (χ4n) is 1.75. The molecule has 0 unspecified atom stereocenters. The Balaban J connectivity index is 2.26. The van der Waals surface area contributed by atoms with Gasteiger partial charge in [-0.25, -0.2) is 0 Å². The van der Waals surface area contributed by atoms with Gasteiger partial charge >= 0.3 is 0 Å². The molecule has 0 aliphatic rings. The lowest BCUT2D eigenvalue weighted by Gasteiger charge is -2.10. The summed E-state index contributed by atoms with van der Waals surface area (Å²) in [5, 5.41) is 13.1. The van der Waals surface area contributed by atoms with E-state index in [2.05, 4.69) is 5.32 Å². The van der Waals surface area contributed by atoms with Crippen molar-refractivity contribution in [1.82, 2.24) is 0 Å². The molecule has 20 heavy (non-hydrogen) atoms. The predicted octanol–water partition coefficient (Wildman–Crippen LogP) is 3.61. The number of halogens is 1. The molecule has 1 amide bonds. The number of aryl methyl sites for hydroxylation is 1. The van der Waals surface area contributed by atoms with E-state index in [1.165, 1.54) is 19.2 Å². The van der Waals surface area contributed by atoms with Crippen LogP contribution in [0.4, 0.5) is 5.69 Å². The van der Waals surface area contributed by atoms with Gasteiger partial charge < -0.3 is 15.2 Å². The van der Waals surface area contributed by atoms with Crippen molar-refractivity contribution in [1.29, 1.82) is 0 Å². The Morgan fingerprint density at radius 1 is 1.25 bits per heavy atom. The summed E-state index contributed by atoms with van der Waals surface area (Å²) in [4.78, 5) is 12.1. The zero-order valence-electron chi connectivity index (χ0n) is 11.1. The Hall–Kier alpha value is -2.20. The molecule has 0 saturated heterocycles. The van der Waals surface area contributed by atoms with E-state index in [0.717, 1.165) is 5.56 Å². The molecule has 0 aromatic heterocycles. The van der Waals surface area contributed by atoms with Gasteiger partial charge in [-0.05, 0) is 36.8 Å². The minimum Gasteiger partial charge on any atom is -0.507 e. The molecule has 2 aromatic carbocycles. The molecule has 2 rings (SSSR count). The number of methoxy groups -OCH3 is 1. The molecular formula is C15H14ClNO3. The van der Waals surface area contributed by atoms with Gasteiger partial charge in [0.2, 0.25) is 0 Å². The van der Waals surface area contributed by atoms with Gasteiger partial charge in [0.05, 0.1) is 12.7 Å². The number of carbonyl (C=O) groups excluding carboxylic acids is 1. The first-order chi connectivity index (χ1) is 9.51. The summed E-state index contributed by atoms with van der Waals surface area (Å²) in [5.41, 5.74) is 1.67. The van der Waals surface area contributed by atoms with Crippen LogP contribution in [0.3, 0.4) is 0 Å². The van der Waals surface area contributed by atoms with Crippen LogP contribution in [-0.4, -0.2) is 18.1 Å². The molecule has 0 heterocycles. The first kappa shape index (κ1) is 14.2. The molecule has 104 valence electrons. The molecule has 0 radical (unpaired) electrons. The summed E-state index contributed by atoms with van der Waals surface area (Å²) in [7, 11) is 1.49. The second-order valence-electron chi connectivity index (χ2n) is 4.30. The molecular weight excluding hydrogens is 278 g/mol. The van der Waals surface area contributed by atoms with Crippen molar-refractivity contribution in [2.24, 2.45) is 0 Å². The van der Waals surface area contributed by atoms with Crippen molar-refractivity contribution in [3.63, 3.8) is 0 Å². The van der Waals surface area contributed by atoms with Gasteiger partial charge in [0.15, 0.2) is 0 Å². The van der Waals surface area contributed by atoms with Gasteiger partial charge in [-0.2, -0.15) is 0 Å². The van der Waals surface area contributed by atoms with E-state index >= 15 is 0 Å². The number of rotatable bonds is 3. The largest absolute Gasteiger partial charge is 0.507 e. The van der Waals surface area contributed by atoms with E-state index in [-0.39, 0.29) is 11.3 Å². The summed E-state index contributed by atoms with van der Waals surface area (Å²) in [6.07, 6.45) is 0. The maximum atomic E-state index is 12.1. The van der Waals surface area contributed by atoms with E-state index in [1.54, 1.807) is 18.2 Å². The number of anilines is 1. The number of phenolic OH excluding ortho intramolecular Hbond substituents is 1. The van der Waals surface area contributed by atoms with E-state index in [4.69, 9.17) is 16.3 Å². The second kappa shape index (κ2) is 5.84. The average Bonchev–Trinajstić information content (AvgIpc) is 2.42. The summed E-state index contributed by atoms with van der Waals surface area (Å²) in [5.74, 6) is -0.0602. The number of ether oxygens (including phenoxy) is 1. The summed E-state index contributed by atoms with van der Waals surface area (Å²) < 4.78 is 4.97. The topological polar surface area (TPSA) is 58.6 Å². The second-order valence-corrected chi connectivity index (χ2v) is 4.73. The minimum absolute atomic E-state index is 0.137. The van der Waals surface area contributed by atoms with Crippen LogP contribution >= 0.6 is 11.6 Å². The maximum absolute atomic E-state index is 12.1. The van der Waals surface area contributed by atoms with Crippen molar-refractivity contribution >= 4 is 23.2 Å². The summed E-state index contributed by atoms with van der Waals surface area (Å²) in [6.45, 7) is 1.86. The lowest BCUT2D eigenvalue weighted by molar-refractivity contribution is 0.102. The van der Waals surface area contributed by atoms with Crippen molar-refractivity contribution < 1.29 is 14.6 Å². The highest BCUT2D eigenvalue weighted by Crippen LogP contribution is 2.26. The molecule has 2 aromatic rings. The SMILES string of the molecule is COc1ccc(C(=O)Nc2cc(Cl)ccc2C)c(O)c1. The van der Waals surface area contributed by atoms with Gasteiger partial charge in [-0.1, -0.05) is 17.7 Å². The molecule has 2 N–H and O–H groups in total. The Labute approximate surface area is 122 Å². The number of aromatic hydroxyl groups is 1. The van der Waals surface area contributed by atoms with Crippen LogP contribution in [0.1, 0.15) is 15.9 Å². The van der Waals surface area contributed by atoms with Crippen molar-refractivity contribution in [2.45, 2.75) is 6.92 Å². The highest BCUT2D eigenvalue weighted by atomic mass is 35.5. The molecule has 0 atom stereocenters. The Kier molecular flexibility index (Phi) is 4.15. The Morgan fingerprint density at radius 3 is 2.65 bits per heavy atom. The number of hydrogen-bond acceptors (Lipinski definition) is 3. The first-order valence-electron chi connectivity index (χ1n) is 5.96. The monoisotopic (exact) mass is 291 g/mol. The zero-order chi connectivity index (χ0) is 14.7. The standard InChI is InChI=1S/C15H14ClNO3/c1-9-3-4-10(16)7-13(9)17-15(19)12-6-5-11(20-2)8-14(12)18/h3-8,18H,1-2H3,(H,17,19). The number of amides is 1. The number of hydrogen-bond donors (Lipinski definition) is 2. The smallest absolute Gasteiger partial charge is 0.259 e. The molecule has 0 aliphatic carbocycles. The molecule has 0 aliphatic heterocycles. The van der Waals surface area contributed by atoms with E-state index in [0.29, 0.717) is 16.5 Å². The van der Waals surface area contributed by atoms with Crippen molar-refractivity contribution in [2.75, 3.05) is 12.4 Å². The molecule has 0 spiro atoms. The molecule has 0 fully saturated rings. The number of carbonyl (C=O) groups is 1. The van der Waals surface area contributed by atoms with E-state index in [9.17, 15) is 9.90 Å². The molecule has 0 bridgehead atoms. The fraction of sp³-hybridized carbons (Fsp3) is 0.133. The van der Waals surface area contributed by atoms with Gasteiger partial charge in [-0.3, -0.25) is 4.79 Å². The molecule has 4 nitrogen and oxygen atoms in total. The fourth-order valence-corrected chi connectivity index (χ4v) is 1.92. The summed E-state index contributed by atoms with van der Waals surface area (Å²) >= 11 is 5.90. The summed E-state index contributed by atoms with van der Waals surface area (Å²) in [6, 6.07) is 9.72. The Bertz CT molecular complexity index is 656. The van der Waals surface area contributed by atoms with E-state index in [1.807, 2.05) is 13.0 Å². The Morgan fingerprint density at radius 2 is 2.00 bits per heavy atom. The van der Waals surface area contributed by atoms with Crippen LogP contribution in [0.2, 0.25) is 5.02 Å². The normalized spacial score (nSPS) is 10.2.